The first-order valence-electron chi connectivity index (χ1n) is 8.97. The highest BCUT2D eigenvalue weighted by Gasteiger charge is 2.38. The van der Waals surface area contributed by atoms with Gasteiger partial charge < -0.3 is 9.15 Å². The number of ether oxygens (including phenoxy) is 1. The van der Waals surface area contributed by atoms with E-state index in [9.17, 15) is 14.4 Å². The van der Waals surface area contributed by atoms with Gasteiger partial charge in [-0.2, -0.15) is 5.10 Å². The van der Waals surface area contributed by atoms with Gasteiger partial charge in [-0.25, -0.2) is 5.01 Å². The molecule has 0 radical (unpaired) electrons. The average Bonchev–Trinajstić information content (AvgIpc) is 3.44. The molecule has 1 aromatic heterocycles. The van der Waals surface area contributed by atoms with E-state index in [0.717, 1.165) is 21.9 Å². The number of rotatable bonds is 5. The van der Waals surface area contributed by atoms with E-state index in [0.29, 0.717) is 12.2 Å². The summed E-state index contributed by atoms with van der Waals surface area (Å²) in [5, 5.41) is 5.81. The number of methoxy groups -OCH3 is 1. The Morgan fingerprint density at radius 2 is 1.89 bits per heavy atom. The second-order valence-corrected chi connectivity index (χ2v) is 6.62. The van der Waals surface area contributed by atoms with Crippen molar-refractivity contribution in [3.8, 4) is 5.75 Å². The monoisotopic (exact) mass is 381 g/mol. The number of benzene rings is 1. The number of furan rings is 1. The Morgan fingerprint density at radius 1 is 1.18 bits per heavy atom. The molecule has 1 fully saturated rings. The van der Waals surface area contributed by atoms with Gasteiger partial charge >= 0.3 is 0 Å². The molecule has 2 aliphatic heterocycles. The van der Waals surface area contributed by atoms with Gasteiger partial charge in [0, 0.05) is 19.3 Å². The number of imide groups is 1. The molecule has 0 N–H and O–H groups in total. The summed E-state index contributed by atoms with van der Waals surface area (Å²) in [6.45, 7) is -0.311. The Bertz CT molecular complexity index is 917. The van der Waals surface area contributed by atoms with Crippen LogP contribution in [0.15, 0.2) is 52.2 Å². The molecular weight excluding hydrogens is 362 g/mol. The van der Waals surface area contributed by atoms with Gasteiger partial charge in [0.2, 0.25) is 11.8 Å². The third-order valence-corrected chi connectivity index (χ3v) is 4.91. The number of hydrogen-bond acceptors (Lipinski definition) is 6. The van der Waals surface area contributed by atoms with Gasteiger partial charge in [0.15, 0.2) is 0 Å². The van der Waals surface area contributed by atoms with Gasteiger partial charge in [-0.3, -0.25) is 19.3 Å². The lowest BCUT2D eigenvalue weighted by Crippen LogP contribution is -2.40. The van der Waals surface area contributed by atoms with Crippen molar-refractivity contribution in [2.75, 3.05) is 13.7 Å². The van der Waals surface area contributed by atoms with Crippen LogP contribution in [0.1, 0.15) is 36.6 Å². The number of nitrogens with zero attached hydrogens (tertiary/aromatic N) is 3. The minimum atomic E-state index is -0.424. The number of amides is 3. The molecule has 3 heterocycles. The van der Waals surface area contributed by atoms with E-state index in [1.807, 2.05) is 24.3 Å². The van der Waals surface area contributed by atoms with Crippen LogP contribution in [0.3, 0.4) is 0 Å². The molecule has 2 aliphatic rings. The summed E-state index contributed by atoms with van der Waals surface area (Å²) in [7, 11) is 1.59. The van der Waals surface area contributed by atoms with E-state index in [1.54, 1.807) is 19.2 Å². The molecule has 8 heteroatoms. The molecule has 2 aromatic rings. The lowest BCUT2D eigenvalue weighted by Gasteiger charge is -2.22. The molecular formula is C20H19N3O5. The number of carbonyl (C=O) groups excluding carboxylic acids is 3. The summed E-state index contributed by atoms with van der Waals surface area (Å²) in [6.07, 6.45) is 2.30. The van der Waals surface area contributed by atoms with Crippen LogP contribution in [0.5, 0.6) is 5.75 Å². The van der Waals surface area contributed by atoms with Crippen LogP contribution >= 0.6 is 0 Å². The van der Waals surface area contributed by atoms with E-state index in [1.165, 1.54) is 11.3 Å². The van der Waals surface area contributed by atoms with Gasteiger partial charge in [0.05, 0.1) is 19.1 Å². The first kappa shape index (κ1) is 18.0. The minimum absolute atomic E-state index is 0.147. The van der Waals surface area contributed by atoms with Crippen LogP contribution < -0.4 is 4.74 Å². The van der Waals surface area contributed by atoms with Crippen LogP contribution in [0.4, 0.5) is 0 Å². The maximum atomic E-state index is 12.9. The molecule has 0 spiro atoms. The first-order valence-corrected chi connectivity index (χ1v) is 8.97. The third kappa shape index (κ3) is 3.28. The van der Waals surface area contributed by atoms with Crippen LogP contribution in [-0.4, -0.2) is 47.0 Å². The molecule has 0 bridgehead atoms. The Hall–Kier alpha value is -3.42. The quantitative estimate of drug-likeness (QED) is 0.740. The van der Waals surface area contributed by atoms with Crippen molar-refractivity contribution < 1.29 is 23.5 Å². The van der Waals surface area contributed by atoms with E-state index in [2.05, 4.69) is 5.10 Å². The average molecular weight is 381 g/mol. The van der Waals surface area contributed by atoms with Crippen molar-refractivity contribution in [2.45, 2.75) is 25.3 Å². The van der Waals surface area contributed by atoms with Crippen molar-refractivity contribution in [3.63, 3.8) is 0 Å². The Balaban J connectivity index is 1.60. The normalized spacial score (nSPS) is 19.3. The van der Waals surface area contributed by atoms with Crippen molar-refractivity contribution >= 4 is 23.4 Å². The predicted molar refractivity (Wildman–Crippen MR) is 98.4 cm³/mol. The smallest absolute Gasteiger partial charge is 0.263 e. The second-order valence-electron chi connectivity index (χ2n) is 6.62. The fraction of sp³-hybridized carbons (Fsp3) is 0.300. The molecule has 3 amide bonds. The zero-order valence-corrected chi connectivity index (χ0v) is 15.3. The van der Waals surface area contributed by atoms with E-state index in [4.69, 9.17) is 9.15 Å². The van der Waals surface area contributed by atoms with E-state index < -0.39 is 11.9 Å². The van der Waals surface area contributed by atoms with E-state index in [-0.39, 0.29) is 31.2 Å². The zero-order chi connectivity index (χ0) is 19.7. The van der Waals surface area contributed by atoms with E-state index >= 15 is 0 Å². The summed E-state index contributed by atoms with van der Waals surface area (Å²) in [6, 6.07) is 10.5. The molecule has 0 unspecified atom stereocenters. The summed E-state index contributed by atoms with van der Waals surface area (Å²) < 4.78 is 10.7. The van der Waals surface area contributed by atoms with Crippen molar-refractivity contribution in [3.05, 3.63) is 54.0 Å². The van der Waals surface area contributed by atoms with Crippen molar-refractivity contribution in [1.82, 2.24) is 9.91 Å². The van der Waals surface area contributed by atoms with Gasteiger partial charge in [0.25, 0.3) is 5.91 Å². The Kier molecular flexibility index (Phi) is 4.68. The van der Waals surface area contributed by atoms with Crippen LogP contribution in [-0.2, 0) is 14.4 Å². The topological polar surface area (TPSA) is 92.4 Å². The number of hydrazone groups is 1. The van der Waals surface area contributed by atoms with Gasteiger partial charge in [-0.1, -0.05) is 0 Å². The van der Waals surface area contributed by atoms with Gasteiger partial charge in [-0.05, 0) is 42.0 Å². The molecule has 1 saturated heterocycles. The lowest BCUT2D eigenvalue weighted by molar-refractivity contribution is -0.146. The highest BCUT2D eigenvalue weighted by atomic mass is 16.5. The second kappa shape index (κ2) is 7.30. The molecule has 0 saturated carbocycles. The first-order chi connectivity index (χ1) is 13.6. The summed E-state index contributed by atoms with van der Waals surface area (Å²) in [5.74, 6) is 0.245. The summed E-state index contributed by atoms with van der Waals surface area (Å²) >= 11 is 0. The fourth-order valence-corrected chi connectivity index (χ4v) is 3.41. The summed E-state index contributed by atoms with van der Waals surface area (Å²) in [4.78, 5) is 37.6. The Morgan fingerprint density at radius 3 is 2.50 bits per heavy atom. The molecule has 1 atom stereocenters. The number of carbonyl (C=O) groups is 3. The molecule has 4 rings (SSSR count). The highest BCUT2D eigenvalue weighted by molar-refractivity contribution is 6.06. The van der Waals surface area contributed by atoms with Crippen molar-refractivity contribution in [1.29, 1.82) is 0 Å². The number of hydrogen-bond donors (Lipinski definition) is 0. The fourth-order valence-electron chi connectivity index (χ4n) is 3.41. The van der Waals surface area contributed by atoms with Gasteiger partial charge in [0.1, 0.15) is 24.1 Å². The van der Waals surface area contributed by atoms with Crippen LogP contribution in [0.2, 0.25) is 0 Å². The standard InChI is InChI=1S/C20H19N3O5/c1-27-14-6-4-13(5-7-14)15-11-16(17-3-2-10-28-17)23(21-15)20(26)12-22-18(24)8-9-19(22)25/h2-7,10,16H,8-9,11-12H2,1H3/t16-/m0/s1. The SMILES string of the molecule is COc1ccc(C2=NN(C(=O)CN3C(=O)CCC3=O)[C@H](c3ccco3)C2)cc1. The molecule has 8 nitrogen and oxygen atoms in total. The predicted octanol–water partition coefficient (Wildman–Crippen LogP) is 2.11. The van der Waals surface area contributed by atoms with Crippen LogP contribution in [0.25, 0.3) is 0 Å². The molecule has 1 aromatic carbocycles. The van der Waals surface area contributed by atoms with Gasteiger partial charge in [-0.15, -0.1) is 0 Å². The van der Waals surface area contributed by atoms with Crippen LogP contribution in [0, 0.1) is 0 Å². The minimum Gasteiger partial charge on any atom is -0.497 e. The molecule has 0 aliphatic carbocycles. The highest BCUT2D eigenvalue weighted by Crippen LogP contribution is 2.33. The Labute approximate surface area is 161 Å². The third-order valence-electron chi connectivity index (χ3n) is 4.91. The molecule has 144 valence electrons. The lowest BCUT2D eigenvalue weighted by atomic mass is 10.0. The summed E-state index contributed by atoms with van der Waals surface area (Å²) in [5.41, 5.74) is 1.58. The largest absolute Gasteiger partial charge is 0.497 e. The maximum absolute atomic E-state index is 12.9. The maximum Gasteiger partial charge on any atom is 0.263 e. The van der Waals surface area contributed by atoms with Crippen molar-refractivity contribution in [2.24, 2.45) is 5.10 Å². The molecule has 28 heavy (non-hydrogen) atoms. The number of likely N-dealkylation sites (tertiary alicyclic amines) is 1. The zero-order valence-electron chi connectivity index (χ0n) is 15.3.